The summed E-state index contributed by atoms with van der Waals surface area (Å²) >= 11 is 1.65. The van der Waals surface area contributed by atoms with Gasteiger partial charge in [0, 0.05) is 33.1 Å². The van der Waals surface area contributed by atoms with Gasteiger partial charge in [0.05, 0.1) is 19.3 Å². The van der Waals surface area contributed by atoms with E-state index in [0.29, 0.717) is 6.54 Å². The van der Waals surface area contributed by atoms with Crippen molar-refractivity contribution in [1.82, 2.24) is 15.6 Å². The minimum Gasteiger partial charge on any atom is -0.497 e. The van der Waals surface area contributed by atoms with Crippen LogP contribution in [0, 0.1) is 0 Å². The van der Waals surface area contributed by atoms with Gasteiger partial charge in [0.1, 0.15) is 5.75 Å². The largest absolute Gasteiger partial charge is 0.497 e. The Bertz CT molecular complexity index is 681. The summed E-state index contributed by atoms with van der Waals surface area (Å²) < 4.78 is 5.18. The van der Waals surface area contributed by atoms with E-state index in [1.54, 1.807) is 25.5 Å². The van der Waals surface area contributed by atoms with Crippen LogP contribution in [0.1, 0.15) is 24.1 Å². The van der Waals surface area contributed by atoms with Crippen LogP contribution in [0.15, 0.2) is 34.6 Å². The minimum absolute atomic E-state index is 0.676. The lowest BCUT2D eigenvalue weighted by Gasteiger charge is -2.11. The summed E-state index contributed by atoms with van der Waals surface area (Å²) in [6.45, 7) is 1.58. The molecule has 0 bridgehead atoms. The standard InChI is InChI=1S/C19H29N5OS/c1-20-18(22-13-16-14-26-19(23-16)24(2)3)21-12-6-5-7-15-8-10-17(25-4)11-9-15/h8-11,14H,5-7,12-13H2,1-4H3,(H2,20,21,22). The molecule has 0 saturated carbocycles. The maximum atomic E-state index is 5.18. The highest BCUT2D eigenvalue weighted by molar-refractivity contribution is 7.13. The van der Waals surface area contributed by atoms with Crippen LogP contribution in [0.5, 0.6) is 5.75 Å². The number of hydrogen-bond donors (Lipinski definition) is 2. The molecule has 1 aromatic heterocycles. The van der Waals surface area contributed by atoms with Gasteiger partial charge in [-0.1, -0.05) is 12.1 Å². The highest BCUT2D eigenvalue weighted by Gasteiger charge is 2.04. The first-order chi connectivity index (χ1) is 12.6. The Morgan fingerprint density at radius 3 is 2.58 bits per heavy atom. The van der Waals surface area contributed by atoms with Crippen molar-refractivity contribution in [3.8, 4) is 5.75 Å². The molecule has 0 amide bonds. The van der Waals surface area contributed by atoms with Crippen molar-refractivity contribution in [3.05, 3.63) is 40.9 Å². The van der Waals surface area contributed by atoms with E-state index in [4.69, 9.17) is 4.74 Å². The van der Waals surface area contributed by atoms with Crippen LogP contribution in [0.25, 0.3) is 0 Å². The Hall–Kier alpha value is -2.28. The maximum absolute atomic E-state index is 5.18. The number of nitrogens with zero attached hydrogens (tertiary/aromatic N) is 3. The third-order valence-electron chi connectivity index (χ3n) is 3.93. The molecule has 0 aliphatic carbocycles. The van der Waals surface area contributed by atoms with Gasteiger partial charge in [-0.25, -0.2) is 4.98 Å². The van der Waals surface area contributed by atoms with Gasteiger partial charge in [0.25, 0.3) is 0 Å². The molecule has 2 rings (SSSR count). The van der Waals surface area contributed by atoms with Gasteiger partial charge in [0.15, 0.2) is 11.1 Å². The van der Waals surface area contributed by atoms with E-state index < -0.39 is 0 Å². The summed E-state index contributed by atoms with van der Waals surface area (Å²) in [5, 5.41) is 9.76. The van der Waals surface area contributed by atoms with Gasteiger partial charge in [-0.05, 0) is 37.0 Å². The van der Waals surface area contributed by atoms with Gasteiger partial charge in [0.2, 0.25) is 0 Å². The zero-order chi connectivity index (χ0) is 18.8. The Morgan fingerprint density at radius 1 is 1.19 bits per heavy atom. The fourth-order valence-corrected chi connectivity index (χ4v) is 3.19. The van der Waals surface area contributed by atoms with Crippen LogP contribution < -0.4 is 20.3 Å². The molecule has 0 atom stereocenters. The fourth-order valence-electron chi connectivity index (χ4n) is 2.43. The quantitative estimate of drug-likeness (QED) is 0.401. The Kier molecular flexibility index (Phi) is 8.21. The van der Waals surface area contributed by atoms with Crippen molar-refractivity contribution in [1.29, 1.82) is 0 Å². The van der Waals surface area contributed by atoms with Crippen molar-refractivity contribution >= 4 is 22.4 Å². The van der Waals surface area contributed by atoms with Gasteiger partial charge < -0.3 is 20.3 Å². The van der Waals surface area contributed by atoms with E-state index in [2.05, 4.69) is 38.1 Å². The number of unbranched alkanes of at least 4 members (excludes halogenated alkanes) is 1. The minimum atomic E-state index is 0.676. The van der Waals surface area contributed by atoms with Crippen LogP contribution in [0.3, 0.4) is 0 Å². The average molecular weight is 376 g/mol. The topological polar surface area (TPSA) is 61.8 Å². The van der Waals surface area contributed by atoms with Crippen molar-refractivity contribution in [3.63, 3.8) is 0 Å². The first-order valence-corrected chi connectivity index (χ1v) is 9.69. The monoisotopic (exact) mass is 375 g/mol. The van der Waals surface area contributed by atoms with Crippen LogP contribution in [-0.4, -0.2) is 45.7 Å². The highest BCUT2D eigenvalue weighted by atomic mass is 32.1. The summed E-state index contributed by atoms with van der Waals surface area (Å²) in [7, 11) is 7.49. The zero-order valence-electron chi connectivity index (χ0n) is 16.1. The predicted octanol–water partition coefficient (Wildman–Crippen LogP) is 2.91. The Labute approximate surface area is 160 Å². The summed E-state index contributed by atoms with van der Waals surface area (Å²) in [6.07, 6.45) is 3.30. The molecule has 1 heterocycles. The van der Waals surface area contributed by atoms with Crippen LogP contribution in [0.2, 0.25) is 0 Å². The van der Waals surface area contributed by atoms with E-state index in [9.17, 15) is 0 Å². The number of anilines is 1. The number of guanidine groups is 1. The number of ether oxygens (including phenoxy) is 1. The molecule has 2 aromatic rings. The zero-order valence-corrected chi connectivity index (χ0v) is 16.9. The number of nitrogens with one attached hydrogen (secondary N) is 2. The molecule has 0 saturated heterocycles. The van der Waals surface area contributed by atoms with Crippen molar-refractivity contribution < 1.29 is 4.74 Å². The number of benzene rings is 1. The van der Waals surface area contributed by atoms with Crippen LogP contribution in [-0.2, 0) is 13.0 Å². The van der Waals surface area contributed by atoms with Crippen molar-refractivity contribution in [2.75, 3.05) is 39.7 Å². The average Bonchev–Trinajstić information content (AvgIpc) is 3.14. The number of aliphatic imine (C=N–C) groups is 1. The normalized spacial score (nSPS) is 11.3. The summed E-state index contributed by atoms with van der Waals surface area (Å²) in [5.74, 6) is 1.72. The van der Waals surface area contributed by atoms with Crippen molar-refractivity contribution in [2.24, 2.45) is 4.99 Å². The summed E-state index contributed by atoms with van der Waals surface area (Å²) in [4.78, 5) is 10.8. The predicted molar refractivity (Wildman–Crippen MR) is 111 cm³/mol. The first-order valence-electron chi connectivity index (χ1n) is 8.81. The molecular weight excluding hydrogens is 346 g/mol. The number of aryl methyl sites for hydroxylation is 1. The lowest BCUT2D eigenvalue weighted by Crippen LogP contribution is -2.37. The van der Waals surface area contributed by atoms with Gasteiger partial charge in [-0.15, -0.1) is 11.3 Å². The molecule has 6 nitrogen and oxygen atoms in total. The van der Waals surface area contributed by atoms with E-state index in [-0.39, 0.29) is 0 Å². The van der Waals surface area contributed by atoms with Crippen LogP contribution >= 0.6 is 11.3 Å². The molecule has 7 heteroatoms. The van der Waals surface area contributed by atoms with Crippen LogP contribution in [0.4, 0.5) is 5.13 Å². The molecule has 142 valence electrons. The molecule has 0 unspecified atom stereocenters. The summed E-state index contributed by atoms with van der Waals surface area (Å²) in [5.41, 5.74) is 2.37. The van der Waals surface area contributed by atoms with E-state index in [1.807, 2.05) is 31.1 Å². The van der Waals surface area contributed by atoms with E-state index >= 15 is 0 Å². The molecule has 0 aliphatic heterocycles. The number of aromatic nitrogens is 1. The second-order valence-corrected chi connectivity index (χ2v) is 7.01. The van der Waals surface area contributed by atoms with E-state index in [0.717, 1.165) is 48.3 Å². The van der Waals surface area contributed by atoms with Gasteiger partial charge in [-0.3, -0.25) is 4.99 Å². The lowest BCUT2D eigenvalue weighted by molar-refractivity contribution is 0.414. The van der Waals surface area contributed by atoms with Gasteiger partial charge in [-0.2, -0.15) is 0 Å². The highest BCUT2D eigenvalue weighted by Crippen LogP contribution is 2.17. The molecular formula is C19H29N5OS. The van der Waals surface area contributed by atoms with E-state index in [1.165, 1.54) is 5.56 Å². The molecule has 2 N–H and O–H groups in total. The van der Waals surface area contributed by atoms with Gasteiger partial charge >= 0.3 is 0 Å². The number of methoxy groups -OCH3 is 1. The molecule has 0 spiro atoms. The first kappa shape index (κ1) is 20.0. The Balaban J connectivity index is 1.63. The summed E-state index contributed by atoms with van der Waals surface area (Å²) in [6, 6.07) is 8.28. The number of rotatable bonds is 9. The second kappa shape index (κ2) is 10.7. The number of thiazole rings is 1. The number of hydrogen-bond acceptors (Lipinski definition) is 5. The molecule has 1 aromatic carbocycles. The SMILES string of the molecule is CN=C(NCCCCc1ccc(OC)cc1)NCc1csc(N(C)C)n1. The maximum Gasteiger partial charge on any atom is 0.191 e. The second-order valence-electron chi connectivity index (χ2n) is 6.17. The smallest absolute Gasteiger partial charge is 0.191 e. The Morgan fingerprint density at radius 2 is 1.96 bits per heavy atom. The molecule has 0 radical (unpaired) electrons. The van der Waals surface area contributed by atoms with Crippen molar-refractivity contribution in [2.45, 2.75) is 25.8 Å². The molecule has 0 fully saturated rings. The molecule has 26 heavy (non-hydrogen) atoms. The third-order valence-corrected chi connectivity index (χ3v) is 4.98. The lowest BCUT2D eigenvalue weighted by atomic mass is 10.1. The molecule has 0 aliphatic rings. The fraction of sp³-hybridized carbons (Fsp3) is 0.474. The third kappa shape index (κ3) is 6.55.